The molecule has 3 rings (SSSR count). The first-order chi connectivity index (χ1) is 12.6. The molecule has 7 heteroatoms. The van der Waals surface area contributed by atoms with Crippen molar-refractivity contribution in [2.24, 2.45) is 0 Å². The van der Waals surface area contributed by atoms with Crippen LogP contribution in [0.15, 0.2) is 35.0 Å². The van der Waals surface area contributed by atoms with Crippen LogP contribution in [0, 0.1) is 0 Å². The lowest BCUT2D eigenvalue weighted by molar-refractivity contribution is -0.115. The van der Waals surface area contributed by atoms with Crippen LogP contribution in [-0.4, -0.2) is 59.1 Å². The fourth-order valence-electron chi connectivity index (χ4n) is 3.20. The summed E-state index contributed by atoms with van der Waals surface area (Å²) in [7, 11) is 3.99. The van der Waals surface area contributed by atoms with Crippen LogP contribution >= 0.6 is 0 Å². The minimum absolute atomic E-state index is 0.0531. The van der Waals surface area contributed by atoms with E-state index in [1.54, 1.807) is 6.20 Å². The monoisotopic (exact) mass is 360 g/mol. The van der Waals surface area contributed by atoms with Crippen LogP contribution in [0.4, 0.5) is 0 Å². The van der Waals surface area contributed by atoms with E-state index in [1.165, 1.54) is 0 Å². The molecule has 0 bridgehead atoms. The Balaban J connectivity index is 1.47. The lowest BCUT2D eigenvalue weighted by Gasteiger charge is -2.34. The van der Waals surface area contributed by atoms with Crippen molar-refractivity contribution in [1.29, 1.82) is 0 Å². The number of pyridine rings is 1. The molecule has 0 radical (unpaired) electrons. The Kier molecular flexibility index (Phi) is 6.73. The molecule has 0 aliphatic carbocycles. The van der Waals surface area contributed by atoms with Gasteiger partial charge in [0.25, 0.3) is 0 Å². The minimum Gasteiger partial charge on any atom is -0.390 e. The van der Waals surface area contributed by atoms with Crippen molar-refractivity contribution in [1.82, 2.24) is 20.4 Å². The SMILES string of the molecule is CN(C)Cc1cc(C[C@@H]2CC[C@H](O)[C@@H](CNCc3ccccn3)O2)no1. The molecule has 2 aromatic rings. The van der Waals surface area contributed by atoms with Gasteiger partial charge in [-0.05, 0) is 39.1 Å². The average molecular weight is 360 g/mol. The summed E-state index contributed by atoms with van der Waals surface area (Å²) in [6, 6.07) is 7.83. The van der Waals surface area contributed by atoms with Crippen LogP contribution in [0.25, 0.3) is 0 Å². The highest BCUT2D eigenvalue weighted by Crippen LogP contribution is 2.22. The smallest absolute Gasteiger partial charge is 0.150 e. The van der Waals surface area contributed by atoms with Crippen molar-refractivity contribution in [2.45, 2.75) is 50.7 Å². The maximum Gasteiger partial charge on any atom is 0.150 e. The van der Waals surface area contributed by atoms with Crippen molar-refractivity contribution in [3.05, 3.63) is 47.6 Å². The van der Waals surface area contributed by atoms with Gasteiger partial charge >= 0.3 is 0 Å². The third kappa shape index (κ3) is 5.60. The number of aromatic nitrogens is 2. The Hall–Kier alpha value is -1.80. The second kappa shape index (κ2) is 9.23. The molecule has 3 heterocycles. The van der Waals surface area contributed by atoms with Gasteiger partial charge in [0, 0.05) is 31.8 Å². The molecule has 3 atom stereocenters. The van der Waals surface area contributed by atoms with Gasteiger partial charge in [-0.1, -0.05) is 11.2 Å². The molecule has 0 unspecified atom stereocenters. The summed E-state index contributed by atoms with van der Waals surface area (Å²) in [6.07, 6.45) is 3.45. The van der Waals surface area contributed by atoms with Crippen LogP contribution in [0.1, 0.15) is 30.0 Å². The van der Waals surface area contributed by atoms with Gasteiger partial charge in [0.15, 0.2) is 5.76 Å². The summed E-state index contributed by atoms with van der Waals surface area (Å²) in [5.74, 6) is 0.856. The molecule has 7 nitrogen and oxygen atoms in total. The van der Waals surface area contributed by atoms with E-state index in [0.717, 1.165) is 36.5 Å². The van der Waals surface area contributed by atoms with E-state index >= 15 is 0 Å². The number of nitrogens with one attached hydrogen (secondary N) is 1. The van der Waals surface area contributed by atoms with Gasteiger partial charge in [0.05, 0.1) is 36.2 Å². The first-order valence-electron chi connectivity index (χ1n) is 9.13. The summed E-state index contributed by atoms with van der Waals surface area (Å²) in [5, 5.41) is 17.7. The molecule has 1 saturated heterocycles. The average Bonchev–Trinajstić information content (AvgIpc) is 3.04. The van der Waals surface area contributed by atoms with Crippen molar-refractivity contribution in [2.75, 3.05) is 20.6 Å². The van der Waals surface area contributed by atoms with Crippen LogP contribution in [0.5, 0.6) is 0 Å². The van der Waals surface area contributed by atoms with Gasteiger partial charge < -0.3 is 24.6 Å². The molecule has 0 saturated carbocycles. The van der Waals surface area contributed by atoms with Gasteiger partial charge in [0.2, 0.25) is 0 Å². The Labute approximate surface area is 154 Å². The first-order valence-corrected chi connectivity index (χ1v) is 9.13. The normalized spacial score (nSPS) is 23.5. The van der Waals surface area contributed by atoms with Gasteiger partial charge in [0.1, 0.15) is 0 Å². The molecule has 1 aliphatic rings. The Bertz CT molecular complexity index is 662. The number of nitrogens with zero attached hydrogens (tertiary/aromatic N) is 3. The third-order valence-corrected chi connectivity index (χ3v) is 4.48. The molecule has 0 spiro atoms. The summed E-state index contributed by atoms with van der Waals surface area (Å²) in [4.78, 5) is 6.33. The second-order valence-corrected chi connectivity index (χ2v) is 7.12. The highest BCUT2D eigenvalue weighted by atomic mass is 16.5. The zero-order valence-electron chi connectivity index (χ0n) is 15.5. The van der Waals surface area contributed by atoms with E-state index in [2.05, 4.69) is 15.5 Å². The van der Waals surface area contributed by atoms with E-state index in [4.69, 9.17) is 9.26 Å². The number of rotatable bonds is 8. The van der Waals surface area contributed by atoms with Crippen LogP contribution < -0.4 is 5.32 Å². The number of hydrogen-bond acceptors (Lipinski definition) is 7. The van der Waals surface area contributed by atoms with Crippen LogP contribution in [-0.2, 0) is 24.2 Å². The maximum absolute atomic E-state index is 10.2. The molecule has 26 heavy (non-hydrogen) atoms. The van der Waals surface area contributed by atoms with E-state index in [-0.39, 0.29) is 12.2 Å². The standard InChI is InChI=1S/C19H28N4O3/c1-23(2)13-17-10-15(22-26-17)9-16-6-7-18(24)19(25-16)12-20-11-14-5-3-4-8-21-14/h3-5,8,10,16,18-20,24H,6-7,9,11-13H2,1-2H3/t16-,18-,19+/m0/s1. The predicted molar refractivity (Wildman–Crippen MR) is 97.4 cm³/mol. The molecule has 0 aromatic carbocycles. The number of aliphatic hydroxyl groups excluding tert-OH is 1. The van der Waals surface area contributed by atoms with Crippen LogP contribution in [0.2, 0.25) is 0 Å². The summed E-state index contributed by atoms with van der Waals surface area (Å²) in [5.41, 5.74) is 1.88. The molecular formula is C19H28N4O3. The molecule has 142 valence electrons. The largest absolute Gasteiger partial charge is 0.390 e. The molecular weight excluding hydrogens is 332 g/mol. The minimum atomic E-state index is -0.441. The topological polar surface area (TPSA) is 83.7 Å². The third-order valence-electron chi connectivity index (χ3n) is 4.48. The van der Waals surface area contributed by atoms with Crippen molar-refractivity contribution >= 4 is 0 Å². The highest BCUT2D eigenvalue weighted by molar-refractivity contribution is 5.07. The van der Waals surface area contributed by atoms with Gasteiger partial charge in [-0.3, -0.25) is 4.98 Å². The van der Waals surface area contributed by atoms with Crippen molar-refractivity contribution in [3.8, 4) is 0 Å². The second-order valence-electron chi connectivity index (χ2n) is 7.12. The molecule has 0 amide bonds. The summed E-state index contributed by atoms with van der Waals surface area (Å²) in [6.45, 7) is 1.99. The maximum atomic E-state index is 10.2. The Morgan fingerprint density at radius 3 is 2.92 bits per heavy atom. The lowest BCUT2D eigenvalue weighted by atomic mass is 9.98. The zero-order chi connectivity index (χ0) is 18.4. The molecule has 1 aliphatic heterocycles. The Morgan fingerprint density at radius 2 is 2.15 bits per heavy atom. The van der Waals surface area contributed by atoms with E-state index in [1.807, 2.05) is 43.3 Å². The first kappa shape index (κ1) is 19.0. The number of hydrogen-bond donors (Lipinski definition) is 2. The predicted octanol–water partition coefficient (Wildman–Crippen LogP) is 1.37. The number of aliphatic hydroxyl groups is 1. The number of ether oxygens (including phenoxy) is 1. The van der Waals surface area contributed by atoms with Gasteiger partial charge in [-0.15, -0.1) is 0 Å². The fraction of sp³-hybridized carbons (Fsp3) is 0.579. The van der Waals surface area contributed by atoms with E-state index < -0.39 is 6.10 Å². The van der Waals surface area contributed by atoms with Gasteiger partial charge in [-0.25, -0.2) is 0 Å². The fourth-order valence-corrected chi connectivity index (χ4v) is 3.20. The zero-order valence-corrected chi connectivity index (χ0v) is 15.5. The summed E-state index contributed by atoms with van der Waals surface area (Å²) >= 11 is 0. The van der Waals surface area contributed by atoms with Crippen LogP contribution in [0.3, 0.4) is 0 Å². The highest BCUT2D eigenvalue weighted by Gasteiger charge is 2.30. The molecule has 2 N–H and O–H groups in total. The Morgan fingerprint density at radius 1 is 1.27 bits per heavy atom. The van der Waals surface area contributed by atoms with Crippen molar-refractivity contribution in [3.63, 3.8) is 0 Å². The van der Waals surface area contributed by atoms with E-state index in [9.17, 15) is 5.11 Å². The quantitative estimate of drug-likeness (QED) is 0.736. The van der Waals surface area contributed by atoms with E-state index in [0.29, 0.717) is 19.5 Å². The molecule has 1 fully saturated rings. The lowest BCUT2D eigenvalue weighted by Crippen LogP contribution is -2.45. The van der Waals surface area contributed by atoms with Gasteiger partial charge in [-0.2, -0.15) is 0 Å². The summed E-state index contributed by atoms with van der Waals surface area (Å²) < 4.78 is 11.5. The molecule has 2 aromatic heterocycles. The van der Waals surface area contributed by atoms with Crippen molar-refractivity contribution < 1.29 is 14.4 Å².